The molecule has 4 heteroatoms. The second kappa shape index (κ2) is 3.92. The van der Waals surface area contributed by atoms with Crippen LogP contribution in [0, 0.1) is 23.2 Å². The van der Waals surface area contributed by atoms with E-state index >= 15 is 0 Å². The lowest BCUT2D eigenvalue weighted by Crippen LogP contribution is -2.50. The summed E-state index contributed by atoms with van der Waals surface area (Å²) in [4.78, 5) is 3.30. The highest BCUT2D eigenvalue weighted by molar-refractivity contribution is 9.09. The summed E-state index contributed by atoms with van der Waals surface area (Å²) in [6.45, 7) is 0.628. The Morgan fingerprint density at radius 3 is 2.12 bits per heavy atom. The van der Waals surface area contributed by atoms with Gasteiger partial charge in [-0.15, -0.1) is 0 Å². The molecule has 16 heavy (non-hydrogen) atoms. The van der Waals surface area contributed by atoms with Gasteiger partial charge >= 0.3 is 0 Å². The van der Waals surface area contributed by atoms with E-state index in [0.29, 0.717) is 16.8 Å². The molecule has 0 radical (unpaired) electrons. The fraction of sp³-hybridized carbons (Fsp3) is 1.00. The molecule has 1 atom stereocenters. The fourth-order valence-electron chi connectivity index (χ4n) is 4.86. The maximum absolute atomic E-state index is 8.43. The molecule has 1 unspecified atom stereocenters. The first-order valence-electron chi connectivity index (χ1n) is 6.37. The van der Waals surface area contributed by atoms with E-state index in [2.05, 4.69) is 26.0 Å². The molecule has 4 aliphatic rings. The highest BCUT2D eigenvalue weighted by atomic mass is 79.9. The summed E-state index contributed by atoms with van der Waals surface area (Å²) in [5, 5.41) is 3.76. The normalized spacial score (nSPS) is 46.4. The van der Waals surface area contributed by atoms with Crippen LogP contribution in [0.2, 0.25) is 0 Å². The van der Waals surface area contributed by atoms with Gasteiger partial charge in [0.05, 0.1) is 0 Å². The molecule has 4 rings (SSSR count). The van der Waals surface area contributed by atoms with Crippen molar-refractivity contribution < 1.29 is 0 Å². The Hall–Kier alpha value is -0.210. The van der Waals surface area contributed by atoms with Gasteiger partial charge in [0.25, 0.3) is 0 Å². The molecule has 0 aromatic heterocycles. The number of halogens is 1. The van der Waals surface area contributed by atoms with E-state index in [1.54, 1.807) is 0 Å². The lowest BCUT2D eigenvalue weighted by atomic mass is 9.49. The first kappa shape index (κ1) is 10.9. The van der Waals surface area contributed by atoms with Gasteiger partial charge in [0, 0.05) is 16.3 Å². The molecular formula is C12H18BrN3. The third kappa shape index (κ3) is 1.67. The third-order valence-corrected chi connectivity index (χ3v) is 6.32. The smallest absolute Gasteiger partial charge is 0.0388 e. The Kier molecular flexibility index (Phi) is 2.67. The molecule has 4 fully saturated rings. The molecule has 0 aromatic rings. The summed E-state index contributed by atoms with van der Waals surface area (Å²) in [5.41, 5.74) is 8.90. The lowest BCUT2D eigenvalue weighted by molar-refractivity contribution is -0.0510. The number of alkyl halides is 1. The third-order valence-electron chi connectivity index (χ3n) is 5.06. The largest absolute Gasteiger partial charge is 0.0928 e. The van der Waals surface area contributed by atoms with Crippen molar-refractivity contribution in [3.63, 3.8) is 0 Å². The molecule has 0 aliphatic heterocycles. The summed E-state index contributed by atoms with van der Waals surface area (Å²) in [5.74, 6) is 2.91. The van der Waals surface area contributed by atoms with Gasteiger partial charge in [0.1, 0.15) is 0 Å². The van der Waals surface area contributed by atoms with E-state index in [9.17, 15) is 0 Å². The Balaban J connectivity index is 1.79. The average Bonchev–Trinajstić information content (AvgIpc) is 2.24. The molecule has 4 bridgehead atoms. The molecule has 3 nitrogen and oxygen atoms in total. The fourth-order valence-corrected chi connectivity index (χ4v) is 5.55. The molecule has 0 heterocycles. The van der Waals surface area contributed by atoms with Gasteiger partial charge in [0.2, 0.25) is 0 Å². The van der Waals surface area contributed by atoms with Crippen molar-refractivity contribution in [3.8, 4) is 0 Å². The van der Waals surface area contributed by atoms with Crippen LogP contribution >= 0.6 is 15.9 Å². The van der Waals surface area contributed by atoms with E-state index in [0.717, 1.165) is 17.8 Å². The summed E-state index contributed by atoms with van der Waals surface area (Å²) in [6.07, 6.45) is 8.53. The molecule has 0 aromatic carbocycles. The Bertz CT molecular complexity index is 300. The van der Waals surface area contributed by atoms with Crippen molar-refractivity contribution in [2.75, 3.05) is 6.54 Å². The lowest BCUT2D eigenvalue weighted by Gasteiger charge is -2.58. The average molecular weight is 284 g/mol. The first-order chi connectivity index (χ1) is 7.72. The van der Waals surface area contributed by atoms with Crippen LogP contribution in [-0.2, 0) is 0 Å². The van der Waals surface area contributed by atoms with Gasteiger partial charge in [-0.3, -0.25) is 0 Å². The minimum absolute atomic E-state index is 0.407. The van der Waals surface area contributed by atoms with Gasteiger partial charge < -0.3 is 0 Å². The maximum atomic E-state index is 8.43. The van der Waals surface area contributed by atoms with Crippen LogP contribution in [0.15, 0.2) is 5.11 Å². The van der Waals surface area contributed by atoms with E-state index in [4.69, 9.17) is 5.53 Å². The second-order valence-electron chi connectivity index (χ2n) is 6.16. The number of rotatable bonds is 3. The highest BCUT2D eigenvalue weighted by Crippen LogP contribution is 2.62. The number of hydrogen-bond acceptors (Lipinski definition) is 1. The van der Waals surface area contributed by atoms with E-state index in [1.807, 2.05) is 0 Å². The van der Waals surface area contributed by atoms with Crippen LogP contribution in [-0.4, -0.2) is 11.4 Å². The predicted molar refractivity (Wildman–Crippen MR) is 67.3 cm³/mol. The van der Waals surface area contributed by atoms with Crippen molar-refractivity contribution >= 4 is 15.9 Å². The SMILES string of the molecule is [N-]=[N+]=NCC(Br)C12CC3CC(CC(C3)C1)C2. The Morgan fingerprint density at radius 2 is 1.69 bits per heavy atom. The van der Waals surface area contributed by atoms with Crippen LogP contribution in [0.4, 0.5) is 0 Å². The van der Waals surface area contributed by atoms with Crippen LogP contribution in [0.25, 0.3) is 10.4 Å². The van der Waals surface area contributed by atoms with Crippen LogP contribution in [0.5, 0.6) is 0 Å². The highest BCUT2D eigenvalue weighted by Gasteiger charge is 2.53. The first-order valence-corrected chi connectivity index (χ1v) is 7.28. The zero-order valence-corrected chi connectivity index (χ0v) is 11.1. The Labute approximate surface area is 105 Å². The summed E-state index contributed by atoms with van der Waals surface area (Å²) >= 11 is 3.80. The minimum Gasteiger partial charge on any atom is -0.0928 e. The molecule has 0 N–H and O–H groups in total. The van der Waals surface area contributed by atoms with Crippen LogP contribution < -0.4 is 0 Å². The van der Waals surface area contributed by atoms with Gasteiger partial charge in [-0.1, -0.05) is 21.0 Å². The number of hydrogen-bond donors (Lipinski definition) is 0. The zero-order valence-electron chi connectivity index (χ0n) is 9.48. The van der Waals surface area contributed by atoms with Crippen LogP contribution in [0.1, 0.15) is 38.5 Å². The van der Waals surface area contributed by atoms with Gasteiger partial charge in [-0.05, 0) is 67.2 Å². The van der Waals surface area contributed by atoms with E-state index in [-0.39, 0.29) is 0 Å². The topological polar surface area (TPSA) is 48.8 Å². The van der Waals surface area contributed by atoms with Crippen molar-refractivity contribution in [2.24, 2.45) is 28.3 Å². The van der Waals surface area contributed by atoms with Crippen LogP contribution in [0.3, 0.4) is 0 Å². The molecule has 4 aliphatic carbocycles. The van der Waals surface area contributed by atoms with Gasteiger partial charge in [-0.25, -0.2) is 0 Å². The van der Waals surface area contributed by atoms with Crippen molar-refractivity contribution in [3.05, 3.63) is 10.4 Å². The number of nitrogens with zero attached hydrogens (tertiary/aromatic N) is 3. The van der Waals surface area contributed by atoms with Crippen molar-refractivity contribution in [2.45, 2.75) is 43.4 Å². The molecule has 88 valence electrons. The Morgan fingerprint density at radius 1 is 1.19 bits per heavy atom. The van der Waals surface area contributed by atoms with Gasteiger partial charge in [-0.2, -0.15) is 0 Å². The predicted octanol–water partition coefficient (Wildman–Crippen LogP) is 4.28. The molecule has 0 amide bonds. The summed E-state index contributed by atoms with van der Waals surface area (Å²) in [6, 6.07) is 0. The van der Waals surface area contributed by atoms with E-state index in [1.165, 1.54) is 38.5 Å². The maximum Gasteiger partial charge on any atom is 0.0388 e. The second-order valence-corrected chi connectivity index (χ2v) is 7.27. The van der Waals surface area contributed by atoms with E-state index < -0.39 is 0 Å². The number of azide groups is 1. The van der Waals surface area contributed by atoms with Crippen molar-refractivity contribution in [1.29, 1.82) is 0 Å². The van der Waals surface area contributed by atoms with Crippen molar-refractivity contribution in [1.82, 2.24) is 0 Å². The summed E-state index contributed by atoms with van der Waals surface area (Å²) in [7, 11) is 0. The molecule has 4 saturated carbocycles. The summed E-state index contributed by atoms with van der Waals surface area (Å²) < 4.78 is 0. The monoisotopic (exact) mass is 283 g/mol. The molecule has 0 spiro atoms. The zero-order chi connectivity index (χ0) is 11.2. The standard InChI is InChI=1S/C12H18BrN3/c13-11(7-15-16-14)12-4-8-1-9(5-12)3-10(2-8)6-12/h8-11H,1-7H2. The molecule has 0 saturated heterocycles. The minimum atomic E-state index is 0.407. The molecular weight excluding hydrogens is 266 g/mol. The van der Waals surface area contributed by atoms with Gasteiger partial charge in [0.15, 0.2) is 0 Å². The quantitative estimate of drug-likeness (QED) is 0.321.